The summed E-state index contributed by atoms with van der Waals surface area (Å²) in [6.45, 7) is 12.0. The van der Waals surface area contributed by atoms with Crippen molar-refractivity contribution in [1.29, 1.82) is 0 Å². The van der Waals surface area contributed by atoms with Gasteiger partial charge in [0, 0.05) is 36.7 Å². The molecular weight excluding hydrogens is 504 g/mol. The number of furan rings is 1. The fourth-order valence-electron chi connectivity index (χ4n) is 8.67. The van der Waals surface area contributed by atoms with Crippen molar-refractivity contribution in [2.24, 2.45) is 33.5 Å². The number of fused-ring (bicyclic) bond motifs is 5. The van der Waals surface area contributed by atoms with Crippen LogP contribution in [-0.2, 0) is 39.2 Å². The highest BCUT2D eigenvalue weighted by atomic mass is 16.7. The van der Waals surface area contributed by atoms with E-state index in [0.29, 0.717) is 18.4 Å². The molecule has 1 N–H and O–H groups in total. The Balaban J connectivity index is 1.81. The third-order valence-electron chi connectivity index (χ3n) is 10.2. The fourth-order valence-corrected chi connectivity index (χ4v) is 8.67. The lowest BCUT2D eigenvalue weighted by atomic mass is 9.37. The first-order chi connectivity index (χ1) is 18.0. The Morgan fingerprint density at radius 2 is 1.72 bits per heavy atom. The van der Waals surface area contributed by atoms with Crippen LogP contribution in [0.15, 0.2) is 46.8 Å². The normalized spacial score (nSPS) is 42.3. The minimum atomic E-state index is -2.05. The summed E-state index contributed by atoms with van der Waals surface area (Å²) >= 11 is 0. The first-order valence-corrected chi connectivity index (χ1v) is 13.3. The minimum Gasteiger partial charge on any atom is -0.472 e. The molecule has 0 bridgehead atoms. The molecule has 1 aromatic heterocycles. The highest BCUT2D eigenvalue weighted by Gasteiger charge is 2.74. The maximum atomic E-state index is 13.2. The molecule has 0 saturated heterocycles. The molecule has 9 heteroatoms. The first kappa shape index (κ1) is 27.4. The summed E-state index contributed by atoms with van der Waals surface area (Å²) in [7, 11) is 0. The van der Waals surface area contributed by atoms with Crippen LogP contribution in [0.4, 0.5) is 0 Å². The zero-order valence-electron chi connectivity index (χ0n) is 23.4. The summed E-state index contributed by atoms with van der Waals surface area (Å²) in [5, 5.41) is 12.1. The summed E-state index contributed by atoms with van der Waals surface area (Å²) in [5.41, 5.74) is -3.04. The SMILES string of the molecule is CC(=O)O[C@H]1[C@@H](OC(C)=O)[C@@]2(C)C3=CC(=O)O[C@@](O)(c4ccoc4)[C@]3(C)CC[C@@H]2[C@@]2(C)C=CC(=O)C(C)(C)[C@H]12. The van der Waals surface area contributed by atoms with Gasteiger partial charge in [0.15, 0.2) is 5.78 Å². The Labute approximate surface area is 227 Å². The Morgan fingerprint density at radius 1 is 1.05 bits per heavy atom. The fraction of sp³-hybridized carbons (Fsp3) is 0.600. The van der Waals surface area contributed by atoms with Crippen LogP contribution in [0.25, 0.3) is 0 Å². The van der Waals surface area contributed by atoms with Crippen molar-refractivity contribution >= 4 is 23.7 Å². The molecule has 3 aliphatic carbocycles. The van der Waals surface area contributed by atoms with E-state index < -0.39 is 63.5 Å². The third-order valence-corrected chi connectivity index (χ3v) is 10.2. The molecule has 2 saturated carbocycles. The zero-order valence-corrected chi connectivity index (χ0v) is 23.4. The number of hydrogen-bond donors (Lipinski definition) is 1. The number of aliphatic hydroxyl groups is 1. The molecule has 2 heterocycles. The van der Waals surface area contributed by atoms with Gasteiger partial charge in [-0.3, -0.25) is 14.4 Å². The van der Waals surface area contributed by atoms with Crippen molar-refractivity contribution in [2.45, 2.75) is 79.3 Å². The van der Waals surface area contributed by atoms with E-state index in [1.54, 1.807) is 12.1 Å². The number of hydrogen-bond acceptors (Lipinski definition) is 9. The average molecular weight is 541 g/mol. The van der Waals surface area contributed by atoms with Gasteiger partial charge in [-0.15, -0.1) is 0 Å². The summed E-state index contributed by atoms with van der Waals surface area (Å²) in [6.07, 6.45) is 6.50. The van der Waals surface area contributed by atoms with E-state index in [0.717, 1.165) is 0 Å². The summed E-state index contributed by atoms with van der Waals surface area (Å²) < 4.78 is 22.9. The number of esters is 3. The quantitative estimate of drug-likeness (QED) is 0.447. The van der Waals surface area contributed by atoms with E-state index in [-0.39, 0.29) is 17.3 Å². The predicted octanol–water partition coefficient (Wildman–Crippen LogP) is 4.00. The molecule has 5 rings (SSSR count). The van der Waals surface area contributed by atoms with Crippen molar-refractivity contribution in [3.05, 3.63) is 48.0 Å². The van der Waals surface area contributed by atoms with Gasteiger partial charge in [-0.1, -0.05) is 33.8 Å². The number of carbonyl (C=O) groups is 4. The summed E-state index contributed by atoms with van der Waals surface area (Å²) in [6, 6.07) is 1.55. The topological polar surface area (TPSA) is 129 Å². The Bertz CT molecular complexity index is 1310. The third kappa shape index (κ3) is 3.47. The Morgan fingerprint density at radius 3 is 2.31 bits per heavy atom. The van der Waals surface area contributed by atoms with E-state index >= 15 is 0 Å². The van der Waals surface area contributed by atoms with Gasteiger partial charge < -0.3 is 23.7 Å². The van der Waals surface area contributed by atoms with E-state index in [1.807, 2.05) is 40.7 Å². The van der Waals surface area contributed by atoms with Crippen molar-refractivity contribution in [3.63, 3.8) is 0 Å². The van der Waals surface area contributed by atoms with Crippen LogP contribution in [0.3, 0.4) is 0 Å². The number of allylic oxidation sites excluding steroid dienone is 2. The van der Waals surface area contributed by atoms with Crippen molar-refractivity contribution in [3.8, 4) is 0 Å². The van der Waals surface area contributed by atoms with Gasteiger partial charge in [-0.25, -0.2) is 4.79 Å². The van der Waals surface area contributed by atoms with Crippen LogP contribution in [0.5, 0.6) is 0 Å². The summed E-state index contributed by atoms with van der Waals surface area (Å²) in [5.74, 6) is -4.86. The van der Waals surface area contributed by atoms with Crippen molar-refractivity contribution in [2.75, 3.05) is 0 Å². The average Bonchev–Trinajstić information content (AvgIpc) is 3.36. The largest absolute Gasteiger partial charge is 0.472 e. The molecule has 0 radical (unpaired) electrons. The standard InChI is InChI=1S/C30H36O9/c1-16(31)37-23-24-26(3,4)21(33)9-11-27(24,5)19-8-12-28(6)20(29(19,7)25(23)38-17(2)32)14-22(34)39-30(28,35)18-10-13-36-15-18/h9-11,13-15,19,23-25,35H,8,12H2,1-7H3/t19-,23-,24+,25-,27-,28-,29-,30+/m1/s1. The van der Waals surface area contributed by atoms with Crippen LogP contribution in [0, 0.1) is 33.5 Å². The molecule has 8 atom stereocenters. The Hall–Kier alpha value is -3.20. The molecule has 0 aromatic carbocycles. The smallest absolute Gasteiger partial charge is 0.333 e. The number of ketones is 1. The highest BCUT2D eigenvalue weighted by molar-refractivity contribution is 5.96. The number of ether oxygens (including phenoxy) is 3. The molecule has 0 unspecified atom stereocenters. The van der Waals surface area contributed by atoms with Gasteiger partial charge in [0.05, 0.1) is 17.2 Å². The van der Waals surface area contributed by atoms with E-state index in [9.17, 15) is 24.3 Å². The van der Waals surface area contributed by atoms with Gasteiger partial charge >= 0.3 is 17.9 Å². The van der Waals surface area contributed by atoms with Gasteiger partial charge in [0.25, 0.3) is 5.79 Å². The van der Waals surface area contributed by atoms with E-state index in [1.165, 1.54) is 32.4 Å². The van der Waals surface area contributed by atoms with Crippen molar-refractivity contribution in [1.82, 2.24) is 0 Å². The molecule has 0 amide bonds. The summed E-state index contributed by atoms with van der Waals surface area (Å²) in [4.78, 5) is 51.5. The van der Waals surface area contributed by atoms with Crippen LogP contribution >= 0.6 is 0 Å². The molecule has 1 aromatic rings. The molecule has 210 valence electrons. The van der Waals surface area contributed by atoms with Crippen LogP contribution < -0.4 is 0 Å². The molecule has 4 aliphatic rings. The maximum absolute atomic E-state index is 13.2. The maximum Gasteiger partial charge on any atom is 0.333 e. The number of rotatable bonds is 3. The number of carbonyl (C=O) groups excluding carboxylic acids is 4. The molecule has 1 aliphatic heterocycles. The van der Waals surface area contributed by atoms with E-state index in [4.69, 9.17) is 18.6 Å². The van der Waals surface area contributed by atoms with Crippen LogP contribution in [-0.4, -0.2) is 41.0 Å². The Kier molecular flexibility index (Phi) is 5.89. The van der Waals surface area contributed by atoms with Crippen LogP contribution in [0.2, 0.25) is 0 Å². The van der Waals surface area contributed by atoms with Gasteiger partial charge in [0.1, 0.15) is 18.5 Å². The zero-order chi connectivity index (χ0) is 28.8. The lowest BCUT2D eigenvalue weighted by molar-refractivity contribution is -0.288. The van der Waals surface area contributed by atoms with Gasteiger partial charge in [-0.2, -0.15) is 0 Å². The van der Waals surface area contributed by atoms with Gasteiger partial charge in [-0.05, 0) is 48.8 Å². The van der Waals surface area contributed by atoms with E-state index in [2.05, 4.69) is 0 Å². The molecule has 9 nitrogen and oxygen atoms in total. The highest BCUT2D eigenvalue weighted by Crippen LogP contribution is 2.72. The molecule has 0 spiro atoms. The van der Waals surface area contributed by atoms with Gasteiger partial charge in [0.2, 0.25) is 0 Å². The first-order valence-electron chi connectivity index (χ1n) is 13.3. The second kappa shape index (κ2) is 8.40. The molecule has 2 fully saturated rings. The second-order valence-corrected chi connectivity index (χ2v) is 12.7. The lowest BCUT2D eigenvalue weighted by Gasteiger charge is -2.69. The molecular formula is C30H36O9. The van der Waals surface area contributed by atoms with Crippen molar-refractivity contribution < 1.29 is 42.9 Å². The van der Waals surface area contributed by atoms with Crippen LogP contribution in [0.1, 0.15) is 66.9 Å². The number of cyclic esters (lactones) is 1. The lowest BCUT2D eigenvalue weighted by Crippen LogP contribution is -2.72. The second-order valence-electron chi connectivity index (χ2n) is 12.7. The monoisotopic (exact) mass is 540 g/mol. The predicted molar refractivity (Wildman–Crippen MR) is 136 cm³/mol. The minimum absolute atomic E-state index is 0.109. The molecule has 39 heavy (non-hydrogen) atoms.